The second-order valence-corrected chi connectivity index (χ2v) is 7.70. The third kappa shape index (κ3) is 5.16. The van der Waals surface area contributed by atoms with Crippen LogP contribution in [0.1, 0.15) is 42.4 Å². The molecule has 3 aromatic rings. The quantitative estimate of drug-likeness (QED) is 0.657. The summed E-state index contributed by atoms with van der Waals surface area (Å²) in [6.07, 6.45) is 3.99. The molecule has 1 heterocycles. The summed E-state index contributed by atoms with van der Waals surface area (Å²) in [5.74, 6) is 0.391. The van der Waals surface area contributed by atoms with Gasteiger partial charge in [0.25, 0.3) is 5.91 Å². The van der Waals surface area contributed by atoms with Crippen molar-refractivity contribution in [2.75, 3.05) is 17.2 Å². The van der Waals surface area contributed by atoms with Gasteiger partial charge in [-0.1, -0.05) is 69.3 Å². The molecule has 0 aliphatic heterocycles. The molecule has 0 saturated heterocycles. The van der Waals surface area contributed by atoms with Crippen LogP contribution in [0.25, 0.3) is 0 Å². The third-order valence-electron chi connectivity index (χ3n) is 4.43. The van der Waals surface area contributed by atoms with E-state index in [9.17, 15) is 4.79 Å². The van der Waals surface area contributed by atoms with E-state index in [1.54, 1.807) is 6.20 Å². The molecule has 3 rings (SSSR count). The molecule has 2 N–H and O–H groups in total. The van der Waals surface area contributed by atoms with Crippen LogP contribution in [0.2, 0.25) is 0 Å². The lowest BCUT2D eigenvalue weighted by molar-refractivity contribution is 0.102. The zero-order valence-electron chi connectivity index (χ0n) is 16.6. The highest BCUT2D eigenvalue weighted by atomic mass is 16.1. The second kappa shape index (κ2) is 8.65. The lowest BCUT2D eigenvalue weighted by Crippen LogP contribution is -2.19. The lowest BCUT2D eigenvalue weighted by Gasteiger charge is -2.22. The fourth-order valence-corrected chi connectivity index (χ4v) is 2.95. The highest BCUT2D eigenvalue weighted by Crippen LogP contribution is 2.29. The average Bonchev–Trinajstić information content (AvgIpc) is 2.69. The van der Waals surface area contributed by atoms with Crippen molar-refractivity contribution in [3.05, 3.63) is 83.8 Å². The van der Waals surface area contributed by atoms with Crippen LogP contribution in [0.3, 0.4) is 0 Å². The molecule has 28 heavy (non-hydrogen) atoms. The molecule has 0 aliphatic carbocycles. The fourth-order valence-electron chi connectivity index (χ4n) is 2.95. The minimum atomic E-state index is -0.264. The number of rotatable bonds is 6. The highest BCUT2D eigenvalue weighted by molar-refractivity contribution is 6.03. The molecule has 1 aromatic heterocycles. The van der Waals surface area contributed by atoms with Crippen LogP contribution >= 0.6 is 0 Å². The van der Waals surface area contributed by atoms with Gasteiger partial charge in [0.15, 0.2) is 0 Å². The summed E-state index contributed by atoms with van der Waals surface area (Å²) in [7, 11) is 0. The van der Waals surface area contributed by atoms with Crippen LogP contribution in [-0.2, 0) is 11.8 Å². The molecule has 0 spiro atoms. The Labute approximate surface area is 166 Å². The molecular weight excluding hydrogens is 348 g/mol. The van der Waals surface area contributed by atoms with Gasteiger partial charge in [-0.05, 0) is 29.0 Å². The summed E-state index contributed by atoms with van der Waals surface area (Å²) >= 11 is 0. The summed E-state index contributed by atoms with van der Waals surface area (Å²) in [5.41, 5.74) is 3.36. The summed E-state index contributed by atoms with van der Waals surface area (Å²) in [6.45, 7) is 7.11. The van der Waals surface area contributed by atoms with Crippen molar-refractivity contribution in [1.29, 1.82) is 0 Å². The number of nitrogens with zero attached hydrogens (tertiary/aromatic N) is 2. The molecule has 0 bridgehead atoms. The van der Waals surface area contributed by atoms with Gasteiger partial charge < -0.3 is 10.6 Å². The van der Waals surface area contributed by atoms with Crippen LogP contribution in [0.15, 0.2) is 67.0 Å². The van der Waals surface area contributed by atoms with Gasteiger partial charge in [-0.3, -0.25) is 4.79 Å². The van der Waals surface area contributed by atoms with Crippen LogP contribution in [0.5, 0.6) is 0 Å². The molecule has 0 radical (unpaired) electrons. The number of nitrogens with one attached hydrogen (secondary N) is 2. The normalized spacial score (nSPS) is 11.1. The molecule has 2 aromatic carbocycles. The number of aromatic nitrogens is 2. The summed E-state index contributed by atoms with van der Waals surface area (Å²) in [4.78, 5) is 21.1. The van der Waals surface area contributed by atoms with Crippen molar-refractivity contribution in [3.8, 4) is 0 Å². The first-order valence-electron chi connectivity index (χ1n) is 9.44. The van der Waals surface area contributed by atoms with E-state index in [-0.39, 0.29) is 17.0 Å². The number of hydrogen-bond acceptors (Lipinski definition) is 4. The van der Waals surface area contributed by atoms with E-state index in [1.807, 2.05) is 42.5 Å². The van der Waals surface area contributed by atoms with Gasteiger partial charge >= 0.3 is 0 Å². The predicted molar refractivity (Wildman–Crippen MR) is 114 cm³/mol. The van der Waals surface area contributed by atoms with Gasteiger partial charge in [-0.25, -0.2) is 9.97 Å². The van der Waals surface area contributed by atoms with Crippen molar-refractivity contribution in [2.45, 2.75) is 32.6 Å². The maximum atomic E-state index is 12.6. The number of carbonyl (C=O) groups is 1. The van der Waals surface area contributed by atoms with E-state index in [2.05, 4.69) is 53.5 Å². The Morgan fingerprint density at radius 2 is 1.64 bits per heavy atom. The number of benzene rings is 2. The molecular formula is C23H26N4O. The Bertz CT molecular complexity index is 915. The van der Waals surface area contributed by atoms with Gasteiger partial charge in [0.2, 0.25) is 0 Å². The summed E-state index contributed by atoms with van der Waals surface area (Å²) in [5, 5.41) is 6.19. The molecule has 0 atom stereocenters. The number of carbonyl (C=O) groups excluding carboxylic acids is 1. The Morgan fingerprint density at radius 3 is 2.32 bits per heavy atom. The number of anilines is 2. The Morgan fingerprint density at radius 1 is 0.929 bits per heavy atom. The Hall–Kier alpha value is -3.21. The van der Waals surface area contributed by atoms with Crippen molar-refractivity contribution in [1.82, 2.24) is 9.97 Å². The maximum absolute atomic E-state index is 12.6. The molecule has 0 unspecified atom stereocenters. The van der Waals surface area contributed by atoms with E-state index in [4.69, 9.17) is 0 Å². The molecule has 0 saturated carbocycles. The lowest BCUT2D eigenvalue weighted by atomic mass is 9.86. The first-order valence-corrected chi connectivity index (χ1v) is 9.44. The van der Waals surface area contributed by atoms with E-state index >= 15 is 0 Å². The maximum Gasteiger partial charge on any atom is 0.275 e. The summed E-state index contributed by atoms with van der Waals surface area (Å²) in [6, 6.07) is 18.1. The number of amides is 1. The summed E-state index contributed by atoms with van der Waals surface area (Å²) < 4.78 is 0. The van der Waals surface area contributed by atoms with Crippen molar-refractivity contribution in [3.63, 3.8) is 0 Å². The van der Waals surface area contributed by atoms with Crippen molar-refractivity contribution >= 4 is 17.4 Å². The van der Waals surface area contributed by atoms with Crippen LogP contribution < -0.4 is 10.6 Å². The number of para-hydroxylation sites is 1. The molecule has 0 fully saturated rings. The highest BCUT2D eigenvalue weighted by Gasteiger charge is 2.19. The molecule has 5 nitrogen and oxygen atoms in total. The molecule has 5 heteroatoms. The monoisotopic (exact) mass is 374 g/mol. The van der Waals surface area contributed by atoms with E-state index < -0.39 is 0 Å². The third-order valence-corrected chi connectivity index (χ3v) is 4.43. The topological polar surface area (TPSA) is 66.9 Å². The first kappa shape index (κ1) is 19.5. The van der Waals surface area contributed by atoms with Gasteiger partial charge in [0.1, 0.15) is 11.5 Å². The zero-order valence-corrected chi connectivity index (χ0v) is 16.6. The van der Waals surface area contributed by atoms with Crippen LogP contribution in [0, 0.1) is 0 Å². The van der Waals surface area contributed by atoms with Gasteiger partial charge in [0.05, 0.1) is 12.4 Å². The van der Waals surface area contributed by atoms with Gasteiger partial charge in [-0.15, -0.1) is 0 Å². The van der Waals surface area contributed by atoms with Gasteiger partial charge in [0, 0.05) is 12.2 Å². The Kier molecular flexibility index (Phi) is 6.04. The molecule has 1 amide bonds. The van der Waals surface area contributed by atoms with E-state index in [1.165, 1.54) is 11.8 Å². The molecule has 144 valence electrons. The van der Waals surface area contributed by atoms with Crippen molar-refractivity contribution in [2.24, 2.45) is 0 Å². The van der Waals surface area contributed by atoms with Crippen LogP contribution in [-0.4, -0.2) is 22.4 Å². The van der Waals surface area contributed by atoms with Crippen LogP contribution in [0.4, 0.5) is 11.5 Å². The largest absolute Gasteiger partial charge is 0.368 e. The number of hydrogen-bond donors (Lipinski definition) is 2. The second-order valence-electron chi connectivity index (χ2n) is 7.70. The Balaban J connectivity index is 1.60. The zero-order chi connectivity index (χ0) is 20.0. The predicted octanol–water partition coefficient (Wildman–Crippen LogP) is 4.68. The molecule has 0 aliphatic rings. The SMILES string of the molecule is CC(C)(C)c1ccccc1NC(=O)c1cnc(NCCc2ccccc2)cn1. The van der Waals surface area contributed by atoms with E-state index in [0.29, 0.717) is 5.82 Å². The minimum absolute atomic E-state index is 0.0674. The smallest absolute Gasteiger partial charge is 0.275 e. The minimum Gasteiger partial charge on any atom is -0.368 e. The first-order chi connectivity index (χ1) is 13.4. The average molecular weight is 374 g/mol. The fraction of sp³-hybridized carbons (Fsp3) is 0.261. The standard InChI is InChI=1S/C23H26N4O/c1-23(2,3)18-11-7-8-12-19(18)27-22(28)20-15-26-21(16-25-20)24-14-13-17-9-5-4-6-10-17/h4-12,15-16H,13-14H2,1-3H3,(H,24,26)(H,27,28). The van der Waals surface area contributed by atoms with Crippen molar-refractivity contribution < 1.29 is 4.79 Å². The van der Waals surface area contributed by atoms with Gasteiger partial charge in [-0.2, -0.15) is 0 Å². The van der Waals surface area contributed by atoms with E-state index in [0.717, 1.165) is 24.2 Å².